The number of primary amides is 1. The fourth-order valence-corrected chi connectivity index (χ4v) is 13.0. The summed E-state index contributed by atoms with van der Waals surface area (Å²) in [7, 11) is -7.07. The van der Waals surface area contributed by atoms with Crippen molar-refractivity contribution in [2.75, 3.05) is 63.9 Å². The Bertz CT molecular complexity index is 4440. The Kier molecular flexibility index (Phi) is 26.8. The van der Waals surface area contributed by atoms with Crippen LogP contribution in [0.4, 0.5) is 15.3 Å². The minimum Gasteiger partial charge on any atom is -0.457 e. The number of ether oxygens (including phenoxy) is 5. The molecule has 2 aliphatic rings. The number of esters is 1. The van der Waals surface area contributed by atoms with Crippen molar-refractivity contribution in [1.29, 1.82) is 0 Å². The van der Waals surface area contributed by atoms with E-state index in [0.717, 1.165) is 23.5 Å². The lowest BCUT2D eigenvalue weighted by molar-refractivity contribution is -0.175. The van der Waals surface area contributed by atoms with Crippen molar-refractivity contribution in [3.8, 4) is 23.2 Å². The largest absolute Gasteiger partial charge is 0.510 e. The van der Waals surface area contributed by atoms with Gasteiger partial charge in [-0.2, -0.15) is 4.31 Å². The van der Waals surface area contributed by atoms with Gasteiger partial charge in [0.15, 0.2) is 0 Å². The van der Waals surface area contributed by atoms with E-state index in [2.05, 4.69) is 64.0 Å². The van der Waals surface area contributed by atoms with Crippen molar-refractivity contribution < 1.29 is 78.9 Å². The second kappa shape index (κ2) is 35.4. The molecular weight excluding hydrogens is 1370 g/mol. The summed E-state index contributed by atoms with van der Waals surface area (Å²) in [6.07, 6.45) is 6.71. The topological polar surface area (TPSA) is 444 Å². The monoisotopic (exact) mass is 1450 g/mol. The summed E-state index contributed by atoms with van der Waals surface area (Å²) in [6, 6.07) is 11.6. The Morgan fingerprint density at radius 3 is 2.27 bits per heavy atom. The Balaban J connectivity index is 0.767. The fraction of sp³-hybridized carbons (Fsp3) is 0.463. The third kappa shape index (κ3) is 20.9. The number of nitrogens with zero attached hydrogens (tertiary/aromatic N) is 8. The highest BCUT2D eigenvalue weighted by atomic mass is 32.2. The van der Waals surface area contributed by atoms with Crippen LogP contribution in [-0.4, -0.2) is 180 Å². The molecule has 0 spiro atoms. The Labute approximate surface area is 588 Å². The van der Waals surface area contributed by atoms with Gasteiger partial charge in [-0.05, 0) is 87.3 Å². The average Bonchev–Trinajstić information content (AvgIpc) is 1.49. The van der Waals surface area contributed by atoms with Gasteiger partial charge in [-0.3, -0.25) is 28.8 Å². The summed E-state index contributed by atoms with van der Waals surface area (Å²) < 4.78 is 80.9. The van der Waals surface area contributed by atoms with Gasteiger partial charge in [0.05, 0.1) is 73.3 Å². The van der Waals surface area contributed by atoms with Gasteiger partial charge in [0.2, 0.25) is 60.2 Å². The van der Waals surface area contributed by atoms with E-state index in [1.165, 1.54) is 50.2 Å². The van der Waals surface area contributed by atoms with Crippen LogP contribution in [0.5, 0.6) is 0 Å². The number of hydrogen-bond acceptors (Lipinski definition) is 23. The summed E-state index contributed by atoms with van der Waals surface area (Å²) in [5, 5.41) is 24.4. The summed E-state index contributed by atoms with van der Waals surface area (Å²) >= 11 is 0. The number of nitrogens with two attached hydrogens (primary N) is 1. The van der Waals surface area contributed by atoms with E-state index < -0.39 is 111 Å². The van der Waals surface area contributed by atoms with E-state index in [9.17, 15) is 60.0 Å². The molecule has 0 aliphatic carbocycles. The van der Waals surface area contributed by atoms with Crippen molar-refractivity contribution >= 4 is 84.1 Å². The van der Waals surface area contributed by atoms with Crippen LogP contribution in [0, 0.1) is 17.8 Å². The van der Waals surface area contributed by atoms with Crippen LogP contribution in [0.1, 0.15) is 112 Å². The lowest BCUT2D eigenvalue weighted by atomic mass is 9.85. The van der Waals surface area contributed by atoms with Gasteiger partial charge in [-0.1, -0.05) is 68.2 Å². The van der Waals surface area contributed by atoms with E-state index in [0.29, 0.717) is 65.1 Å². The number of rotatable bonds is 35. The van der Waals surface area contributed by atoms with Gasteiger partial charge >= 0.3 is 18.2 Å². The van der Waals surface area contributed by atoms with Crippen LogP contribution in [0.2, 0.25) is 0 Å². The van der Waals surface area contributed by atoms with E-state index in [-0.39, 0.29) is 112 Å². The smallest absolute Gasteiger partial charge is 0.457 e. The number of carbonyl (C=O) groups excluding carboxylic acids is 8. The number of nitrogens with one attached hydrogen (secondary N) is 6. The van der Waals surface area contributed by atoms with Crippen LogP contribution < -0.4 is 43.2 Å². The number of carbonyl (C=O) groups is 8. The maximum absolute atomic E-state index is 14.5. The lowest BCUT2D eigenvalue weighted by Gasteiger charge is -2.35. The molecule has 546 valence electrons. The third-order valence-electron chi connectivity index (χ3n) is 16.4. The molecule has 2 aromatic carbocycles. The van der Waals surface area contributed by atoms with Gasteiger partial charge in [-0.15, -0.1) is 5.10 Å². The molecule has 6 heterocycles. The van der Waals surface area contributed by atoms with Crippen molar-refractivity contribution in [3.05, 3.63) is 123 Å². The summed E-state index contributed by atoms with van der Waals surface area (Å²) in [6.45, 7) is 7.98. The van der Waals surface area contributed by atoms with E-state index >= 15 is 0 Å². The molecule has 102 heavy (non-hydrogen) atoms. The quantitative estimate of drug-likeness (QED) is 0.0129. The minimum atomic E-state index is -3.56. The molecule has 7 amide bonds. The molecule has 3 atom stereocenters. The molecular formula is C67H83N15O18S2. The Morgan fingerprint density at radius 2 is 1.58 bits per heavy atom. The van der Waals surface area contributed by atoms with E-state index in [1.54, 1.807) is 46.9 Å². The third-order valence-corrected chi connectivity index (χ3v) is 18.7. The number of benzene rings is 2. The summed E-state index contributed by atoms with van der Waals surface area (Å²) in [4.78, 5) is 132. The van der Waals surface area contributed by atoms with Crippen molar-refractivity contribution in [1.82, 2.24) is 65.4 Å². The van der Waals surface area contributed by atoms with Gasteiger partial charge < -0.3 is 65.9 Å². The van der Waals surface area contributed by atoms with Crippen molar-refractivity contribution in [2.45, 2.75) is 141 Å². The zero-order valence-corrected chi connectivity index (χ0v) is 59.1. The van der Waals surface area contributed by atoms with E-state index in [4.69, 9.17) is 34.4 Å². The molecule has 0 unspecified atom stereocenters. The van der Waals surface area contributed by atoms with Crippen LogP contribution in [0.3, 0.4) is 0 Å². The number of urea groups is 1. The zero-order valence-electron chi connectivity index (χ0n) is 57.5. The molecule has 6 aromatic rings. The van der Waals surface area contributed by atoms with Crippen LogP contribution >= 0.6 is 0 Å². The number of cyclic esters (lactones) is 1. The Hall–Kier alpha value is -10.3. The fourth-order valence-electron chi connectivity index (χ4n) is 11.3. The molecule has 0 bridgehead atoms. The van der Waals surface area contributed by atoms with Crippen LogP contribution in [0.25, 0.3) is 22.3 Å². The predicted octanol–water partition coefficient (Wildman–Crippen LogP) is 2.14. The number of aromatic nitrogens is 7. The van der Waals surface area contributed by atoms with E-state index in [1.807, 2.05) is 24.3 Å². The molecule has 35 heteroatoms. The van der Waals surface area contributed by atoms with Gasteiger partial charge in [-0.25, -0.2) is 50.9 Å². The first-order valence-electron chi connectivity index (χ1n) is 32.8. The molecule has 8 N–H and O–H groups in total. The number of fused-ring (bicyclic) bond motifs is 5. The van der Waals surface area contributed by atoms with Crippen LogP contribution in [0.15, 0.2) is 83.1 Å². The number of anilines is 1. The highest BCUT2D eigenvalue weighted by molar-refractivity contribution is 7.90. The number of sulfone groups is 1. The maximum atomic E-state index is 14.5. The van der Waals surface area contributed by atoms with Crippen LogP contribution in [-0.2, 0) is 117 Å². The summed E-state index contributed by atoms with van der Waals surface area (Å²) in [5.74, 6) is 1.47. The minimum absolute atomic E-state index is 0.0132. The molecule has 0 saturated heterocycles. The summed E-state index contributed by atoms with van der Waals surface area (Å²) in [5.41, 5.74) is 7.49. The Morgan fingerprint density at radius 1 is 0.843 bits per heavy atom. The number of unbranched alkanes of at least 4 members (excludes halogenated alkanes) is 1. The number of sulfonamides is 1. The van der Waals surface area contributed by atoms with Gasteiger partial charge in [0.25, 0.3) is 5.56 Å². The molecule has 0 radical (unpaired) electrons. The highest BCUT2D eigenvalue weighted by Gasteiger charge is 2.51. The SMILES string of the molecule is CC[C@@]1(OC(=O)OCc2ccc(NC(=O)[C@H](CCCNC(N)=O)NC(=O)[C@@H](NC(=O)COCC(=O)NCCOCCn3cc(CNC(=O)CCCC#Cc4cnc(S(C)(=O)=O)nc4)nn3)C(C)C)cc2)C(=O)OCc2c1cc1n(c2=O)Cc2c-1nc1ccccc1c2CCN(C(C)C)S(C)(=O)=O. The molecule has 8 rings (SSSR count). The zero-order chi connectivity index (χ0) is 73.9. The average molecular weight is 1450 g/mol. The number of amides is 7. The van der Waals surface area contributed by atoms with Gasteiger partial charge in [0.1, 0.15) is 44.2 Å². The first kappa shape index (κ1) is 77.5. The number of pyridine rings is 2. The van der Waals surface area contributed by atoms with Crippen molar-refractivity contribution in [3.63, 3.8) is 0 Å². The maximum Gasteiger partial charge on any atom is 0.510 e. The molecule has 0 fully saturated rings. The standard InChI is InChI=1S/C67H83N15O18S2/c1-8-67(51-31-54-59-49(36-81(54)62(88)50(51)38-98-63(67)89)47(48-16-12-13-17-52(48)75-59)24-27-82(42(4)5)102(7,94)95)100-66(91)99-37-43-20-22-45(23-21-43)74-60(86)53(18-14-25-70-64(68)90)76-61(87)58(41(2)3)77-57(85)40-97-39-56(84)69-26-29-96-30-28-80-35-46(78-79-80)34-71-55(83)19-11-9-10-15-44-32-72-65(73-33-44)101(6,92)93/h12-13,16-17,20-23,31-33,35,41-42,53,58H,8-9,11,14,18-19,24-30,34,36-40H2,1-7H3,(H,69,84)(H,71,83)(H,74,86)(H,76,87)(H,77,85)(H3,68,70,90)/t53-,58-,67-/m0/s1. The first-order valence-corrected chi connectivity index (χ1v) is 36.6. The lowest BCUT2D eigenvalue weighted by Crippen LogP contribution is -2.55. The van der Waals surface area contributed by atoms with Gasteiger partial charge in [0, 0.05) is 79.4 Å². The highest BCUT2D eigenvalue weighted by Crippen LogP contribution is 2.42. The predicted molar refractivity (Wildman–Crippen MR) is 367 cm³/mol. The second-order valence-electron chi connectivity index (χ2n) is 24.7. The second-order valence-corrected chi connectivity index (χ2v) is 28.6. The molecule has 2 aliphatic heterocycles. The molecule has 0 saturated carbocycles. The number of para-hydroxylation sites is 1. The normalized spacial score (nSPS) is 14.5. The first-order chi connectivity index (χ1) is 48.5. The van der Waals surface area contributed by atoms with Crippen molar-refractivity contribution in [2.24, 2.45) is 11.7 Å². The molecule has 4 aromatic heterocycles. The molecule has 33 nitrogen and oxygen atoms in total. The number of hydrogen-bond donors (Lipinski definition) is 7.